The molecule has 1 amide bonds. The zero-order valence-corrected chi connectivity index (χ0v) is 12.1. The third-order valence-corrected chi connectivity index (χ3v) is 3.88. The van der Waals surface area contributed by atoms with Crippen molar-refractivity contribution in [3.63, 3.8) is 0 Å². The molecular weight excluding hydrogens is 294 g/mol. The molecule has 0 aliphatic rings. The summed E-state index contributed by atoms with van der Waals surface area (Å²) in [5, 5.41) is 3.27. The minimum atomic E-state index is -0.123. The van der Waals surface area contributed by atoms with Gasteiger partial charge >= 0.3 is 0 Å². The van der Waals surface area contributed by atoms with Crippen molar-refractivity contribution < 1.29 is 9.59 Å². The number of thioether (sulfide) groups is 1. The van der Waals surface area contributed by atoms with Crippen LogP contribution in [0.4, 0.5) is 5.69 Å². The van der Waals surface area contributed by atoms with Gasteiger partial charge in [-0.25, -0.2) is 0 Å². The van der Waals surface area contributed by atoms with Gasteiger partial charge in [0.2, 0.25) is 5.91 Å². The summed E-state index contributed by atoms with van der Waals surface area (Å²) in [4.78, 5) is 23.3. The SMILES string of the molecule is O=Cc1ccc(SCC(=O)Nc2ccccc2Cl)cc1. The molecule has 2 aromatic carbocycles. The molecule has 0 spiro atoms. The van der Waals surface area contributed by atoms with Gasteiger partial charge in [-0.1, -0.05) is 35.9 Å². The first kappa shape index (κ1) is 14.6. The van der Waals surface area contributed by atoms with Crippen LogP contribution in [0.1, 0.15) is 10.4 Å². The monoisotopic (exact) mass is 305 g/mol. The maximum absolute atomic E-state index is 11.8. The lowest BCUT2D eigenvalue weighted by Gasteiger charge is -2.06. The molecule has 0 aliphatic carbocycles. The fraction of sp³-hybridized carbons (Fsp3) is 0.0667. The zero-order valence-electron chi connectivity index (χ0n) is 10.5. The van der Waals surface area contributed by atoms with E-state index in [-0.39, 0.29) is 11.7 Å². The molecule has 0 bridgehead atoms. The smallest absolute Gasteiger partial charge is 0.234 e. The van der Waals surface area contributed by atoms with E-state index in [0.29, 0.717) is 16.3 Å². The first-order valence-electron chi connectivity index (χ1n) is 5.91. The Kier molecular flexibility index (Phi) is 5.21. The summed E-state index contributed by atoms with van der Waals surface area (Å²) < 4.78 is 0. The largest absolute Gasteiger partial charge is 0.324 e. The van der Waals surface area contributed by atoms with Crippen LogP contribution in [-0.2, 0) is 4.79 Å². The highest BCUT2D eigenvalue weighted by Gasteiger charge is 2.06. The first-order valence-corrected chi connectivity index (χ1v) is 7.28. The van der Waals surface area contributed by atoms with Gasteiger partial charge < -0.3 is 5.32 Å². The van der Waals surface area contributed by atoms with Crippen molar-refractivity contribution in [1.82, 2.24) is 0 Å². The minimum absolute atomic E-state index is 0.123. The molecule has 0 radical (unpaired) electrons. The Bertz CT molecular complexity index is 614. The van der Waals surface area contributed by atoms with Crippen molar-refractivity contribution in [2.75, 3.05) is 11.1 Å². The minimum Gasteiger partial charge on any atom is -0.324 e. The second-order valence-corrected chi connectivity index (χ2v) is 5.46. The van der Waals surface area contributed by atoms with Crippen molar-refractivity contribution in [1.29, 1.82) is 0 Å². The molecule has 20 heavy (non-hydrogen) atoms. The van der Waals surface area contributed by atoms with Crippen molar-refractivity contribution in [2.45, 2.75) is 4.90 Å². The number of hydrogen-bond donors (Lipinski definition) is 1. The molecule has 0 saturated heterocycles. The molecule has 0 aliphatic heterocycles. The second kappa shape index (κ2) is 7.12. The molecule has 2 aromatic rings. The van der Waals surface area contributed by atoms with Gasteiger partial charge in [-0.3, -0.25) is 9.59 Å². The molecular formula is C15H12ClNO2S. The van der Waals surface area contributed by atoms with E-state index in [2.05, 4.69) is 5.32 Å². The van der Waals surface area contributed by atoms with E-state index in [1.807, 2.05) is 18.2 Å². The highest BCUT2D eigenvalue weighted by atomic mass is 35.5. The molecule has 0 saturated carbocycles. The van der Waals surface area contributed by atoms with Crippen molar-refractivity contribution in [2.24, 2.45) is 0 Å². The van der Waals surface area contributed by atoms with Crippen molar-refractivity contribution >= 4 is 41.2 Å². The van der Waals surface area contributed by atoms with Crippen LogP contribution < -0.4 is 5.32 Å². The van der Waals surface area contributed by atoms with Crippen LogP contribution >= 0.6 is 23.4 Å². The number of carbonyl (C=O) groups is 2. The number of amides is 1. The van der Waals surface area contributed by atoms with Gasteiger partial charge in [0, 0.05) is 10.5 Å². The highest BCUT2D eigenvalue weighted by Crippen LogP contribution is 2.22. The summed E-state index contributed by atoms with van der Waals surface area (Å²) in [6.45, 7) is 0. The predicted octanol–water partition coefficient (Wildman–Crippen LogP) is 3.88. The summed E-state index contributed by atoms with van der Waals surface area (Å²) >= 11 is 7.37. The van der Waals surface area contributed by atoms with E-state index in [4.69, 9.17) is 11.6 Å². The van der Waals surface area contributed by atoms with Gasteiger partial charge in [-0.15, -0.1) is 11.8 Å². The van der Waals surface area contributed by atoms with Crippen LogP contribution in [0, 0.1) is 0 Å². The van der Waals surface area contributed by atoms with Crippen LogP contribution in [0.15, 0.2) is 53.4 Å². The molecule has 2 rings (SSSR count). The maximum Gasteiger partial charge on any atom is 0.234 e. The number of benzene rings is 2. The van der Waals surface area contributed by atoms with Crippen molar-refractivity contribution in [3.05, 3.63) is 59.1 Å². The third kappa shape index (κ3) is 4.11. The molecule has 1 N–H and O–H groups in total. The lowest BCUT2D eigenvalue weighted by molar-refractivity contribution is -0.113. The lowest BCUT2D eigenvalue weighted by atomic mass is 10.2. The first-order chi connectivity index (χ1) is 9.69. The predicted molar refractivity (Wildman–Crippen MR) is 82.6 cm³/mol. The van der Waals surface area contributed by atoms with Crippen molar-refractivity contribution in [3.8, 4) is 0 Å². The van der Waals surface area contributed by atoms with Gasteiger partial charge in [0.05, 0.1) is 16.5 Å². The Hall–Kier alpha value is -1.78. The van der Waals surface area contributed by atoms with E-state index >= 15 is 0 Å². The van der Waals surface area contributed by atoms with Gasteiger partial charge in [-0.2, -0.15) is 0 Å². The Morgan fingerprint density at radius 2 is 1.85 bits per heavy atom. The zero-order chi connectivity index (χ0) is 14.4. The third-order valence-electron chi connectivity index (χ3n) is 2.53. The normalized spacial score (nSPS) is 10.1. The molecule has 0 heterocycles. The number of hydrogen-bond acceptors (Lipinski definition) is 3. The summed E-state index contributed by atoms with van der Waals surface area (Å²) in [6, 6.07) is 14.2. The topological polar surface area (TPSA) is 46.2 Å². The van der Waals surface area contributed by atoms with Crippen LogP contribution in [-0.4, -0.2) is 17.9 Å². The fourth-order valence-electron chi connectivity index (χ4n) is 1.54. The number of rotatable bonds is 5. The Balaban J connectivity index is 1.88. The Labute approximate surface area is 126 Å². The average molecular weight is 306 g/mol. The maximum atomic E-state index is 11.8. The van der Waals surface area contributed by atoms with E-state index in [1.165, 1.54) is 11.8 Å². The van der Waals surface area contributed by atoms with E-state index in [1.54, 1.807) is 30.3 Å². The standard InChI is InChI=1S/C15H12ClNO2S/c16-13-3-1-2-4-14(13)17-15(19)10-20-12-7-5-11(9-18)6-8-12/h1-9H,10H2,(H,17,19). The fourth-order valence-corrected chi connectivity index (χ4v) is 2.42. The molecule has 0 aromatic heterocycles. The molecule has 0 fully saturated rings. The number of halogens is 1. The van der Waals surface area contributed by atoms with Crippen LogP contribution in [0.2, 0.25) is 5.02 Å². The molecule has 102 valence electrons. The van der Waals surface area contributed by atoms with Gasteiger partial charge in [-0.05, 0) is 24.3 Å². The van der Waals surface area contributed by atoms with E-state index in [0.717, 1.165) is 11.2 Å². The van der Waals surface area contributed by atoms with Gasteiger partial charge in [0.15, 0.2) is 0 Å². The molecule has 3 nitrogen and oxygen atoms in total. The number of anilines is 1. The van der Waals surface area contributed by atoms with Gasteiger partial charge in [0.1, 0.15) is 6.29 Å². The molecule has 0 unspecified atom stereocenters. The summed E-state index contributed by atoms with van der Waals surface area (Å²) in [5.74, 6) is 0.161. The number of nitrogens with one attached hydrogen (secondary N) is 1. The van der Waals surface area contributed by atoms with E-state index in [9.17, 15) is 9.59 Å². The van der Waals surface area contributed by atoms with Crippen LogP contribution in [0.5, 0.6) is 0 Å². The number of carbonyl (C=O) groups excluding carboxylic acids is 2. The van der Waals surface area contributed by atoms with E-state index < -0.39 is 0 Å². The summed E-state index contributed by atoms with van der Waals surface area (Å²) in [6.07, 6.45) is 0.790. The number of para-hydroxylation sites is 1. The highest BCUT2D eigenvalue weighted by molar-refractivity contribution is 8.00. The lowest BCUT2D eigenvalue weighted by Crippen LogP contribution is -2.14. The Morgan fingerprint density at radius 1 is 1.15 bits per heavy atom. The van der Waals surface area contributed by atoms with Gasteiger partial charge in [0.25, 0.3) is 0 Å². The van der Waals surface area contributed by atoms with Crippen LogP contribution in [0.25, 0.3) is 0 Å². The molecule has 5 heteroatoms. The quantitative estimate of drug-likeness (QED) is 0.673. The number of aldehydes is 1. The summed E-state index contributed by atoms with van der Waals surface area (Å²) in [5.41, 5.74) is 1.23. The Morgan fingerprint density at radius 3 is 2.50 bits per heavy atom. The average Bonchev–Trinajstić information content (AvgIpc) is 2.48. The molecule has 0 atom stereocenters. The summed E-state index contributed by atoms with van der Waals surface area (Å²) in [7, 11) is 0. The van der Waals surface area contributed by atoms with Crippen LogP contribution in [0.3, 0.4) is 0 Å². The second-order valence-electron chi connectivity index (χ2n) is 4.00.